The van der Waals surface area contributed by atoms with E-state index < -0.39 is 0 Å². The molecule has 0 radical (unpaired) electrons. The van der Waals surface area contributed by atoms with Crippen LogP contribution in [-0.2, 0) is 17.6 Å². The Hall–Kier alpha value is -1.58. The van der Waals surface area contributed by atoms with Crippen molar-refractivity contribution in [1.82, 2.24) is 15.3 Å². The lowest BCUT2D eigenvalue weighted by Crippen LogP contribution is -2.34. The third-order valence-corrected chi connectivity index (χ3v) is 4.86. The highest BCUT2D eigenvalue weighted by atomic mass is 16.1. The minimum atomic E-state index is 0.102. The Bertz CT molecular complexity index is 571. The van der Waals surface area contributed by atoms with E-state index in [1.54, 1.807) is 0 Å². The average molecular weight is 301 g/mol. The zero-order valence-corrected chi connectivity index (χ0v) is 13.7. The molecule has 3 rings (SSSR count). The molecular weight excluding hydrogens is 274 g/mol. The number of nitrogens with one attached hydrogen (secondary N) is 2. The van der Waals surface area contributed by atoms with E-state index in [2.05, 4.69) is 35.2 Å². The highest BCUT2D eigenvalue weighted by molar-refractivity contribution is 5.79. The normalized spacial score (nSPS) is 20.9. The van der Waals surface area contributed by atoms with E-state index in [4.69, 9.17) is 0 Å². The van der Waals surface area contributed by atoms with Crippen molar-refractivity contribution in [3.8, 4) is 0 Å². The van der Waals surface area contributed by atoms with Gasteiger partial charge in [0.15, 0.2) is 0 Å². The summed E-state index contributed by atoms with van der Waals surface area (Å²) in [6.07, 6.45) is 9.71. The number of carbonyl (C=O) groups is 1. The number of allylic oxidation sites excluding steroid dienone is 1. The molecule has 0 saturated heterocycles. The summed E-state index contributed by atoms with van der Waals surface area (Å²) in [6.45, 7) is 5.08. The van der Waals surface area contributed by atoms with Gasteiger partial charge in [0.1, 0.15) is 5.82 Å². The monoisotopic (exact) mass is 301 g/mol. The third-order valence-electron chi connectivity index (χ3n) is 4.86. The number of rotatable bonds is 5. The molecule has 0 aromatic carbocycles. The van der Waals surface area contributed by atoms with Crippen LogP contribution >= 0.6 is 0 Å². The summed E-state index contributed by atoms with van der Waals surface area (Å²) in [7, 11) is 0. The van der Waals surface area contributed by atoms with Crippen LogP contribution in [0.3, 0.4) is 0 Å². The molecule has 1 aromatic rings. The molecular formula is C18H27N3O. The fourth-order valence-electron chi connectivity index (χ4n) is 3.45. The molecule has 2 N–H and O–H groups in total. The predicted octanol–water partition coefficient (Wildman–Crippen LogP) is 3.25. The van der Waals surface area contributed by atoms with Gasteiger partial charge in [-0.25, -0.2) is 4.98 Å². The smallest absolute Gasteiger partial charge is 0.223 e. The zero-order chi connectivity index (χ0) is 15.5. The lowest BCUT2D eigenvalue weighted by atomic mass is 9.89. The van der Waals surface area contributed by atoms with Crippen molar-refractivity contribution < 1.29 is 4.79 Å². The maximum atomic E-state index is 12.4. The van der Waals surface area contributed by atoms with Gasteiger partial charge in [-0.3, -0.25) is 4.79 Å². The number of amides is 1. The van der Waals surface area contributed by atoms with Gasteiger partial charge in [0.2, 0.25) is 5.91 Å². The summed E-state index contributed by atoms with van der Waals surface area (Å²) in [5.41, 5.74) is 3.86. The molecule has 1 aromatic heterocycles. The van der Waals surface area contributed by atoms with Crippen molar-refractivity contribution in [2.24, 2.45) is 5.92 Å². The summed E-state index contributed by atoms with van der Waals surface area (Å²) in [4.78, 5) is 20.4. The lowest BCUT2D eigenvalue weighted by Gasteiger charge is -2.20. The molecule has 0 fully saturated rings. The van der Waals surface area contributed by atoms with Crippen LogP contribution in [0.15, 0.2) is 11.6 Å². The molecule has 4 nitrogen and oxygen atoms in total. The Labute approximate surface area is 132 Å². The SMILES string of the molecule is CC(C)c1nc2c([nH]1)CC(C(=O)NCCC1=CCCC1)CC2. The first-order valence-corrected chi connectivity index (χ1v) is 8.66. The molecule has 120 valence electrons. The number of imidazole rings is 1. The van der Waals surface area contributed by atoms with E-state index in [0.717, 1.165) is 38.1 Å². The number of H-pyrrole nitrogens is 1. The summed E-state index contributed by atoms with van der Waals surface area (Å²) in [5.74, 6) is 1.78. The molecule has 1 amide bonds. The van der Waals surface area contributed by atoms with Crippen LogP contribution < -0.4 is 5.32 Å². The molecule has 0 spiro atoms. The summed E-state index contributed by atoms with van der Waals surface area (Å²) in [6, 6.07) is 0. The van der Waals surface area contributed by atoms with Crippen molar-refractivity contribution in [3.05, 3.63) is 28.9 Å². The van der Waals surface area contributed by atoms with Crippen LogP contribution in [0.2, 0.25) is 0 Å². The highest BCUT2D eigenvalue weighted by Gasteiger charge is 2.27. The minimum absolute atomic E-state index is 0.102. The maximum Gasteiger partial charge on any atom is 0.223 e. The third kappa shape index (κ3) is 3.42. The molecule has 0 aliphatic heterocycles. The number of aryl methyl sites for hydroxylation is 1. The van der Waals surface area contributed by atoms with Gasteiger partial charge in [0.05, 0.1) is 5.69 Å². The maximum absolute atomic E-state index is 12.4. The molecule has 4 heteroatoms. The van der Waals surface area contributed by atoms with Gasteiger partial charge in [-0.15, -0.1) is 0 Å². The van der Waals surface area contributed by atoms with Crippen LogP contribution in [0.1, 0.15) is 69.1 Å². The van der Waals surface area contributed by atoms with Crippen LogP contribution in [0, 0.1) is 5.92 Å². The zero-order valence-electron chi connectivity index (χ0n) is 13.7. The minimum Gasteiger partial charge on any atom is -0.356 e. The molecule has 2 aliphatic rings. The number of aromatic nitrogens is 2. The number of fused-ring (bicyclic) bond motifs is 1. The topological polar surface area (TPSA) is 57.8 Å². The number of carbonyl (C=O) groups excluding carboxylic acids is 1. The molecule has 1 atom stereocenters. The van der Waals surface area contributed by atoms with Crippen LogP contribution in [0.25, 0.3) is 0 Å². The Balaban J connectivity index is 1.51. The first-order chi connectivity index (χ1) is 10.6. The van der Waals surface area contributed by atoms with E-state index in [1.807, 2.05) is 0 Å². The van der Waals surface area contributed by atoms with Crippen LogP contribution in [0.5, 0.6) is 0 Å². The van der Waals surface area contributed by atoms with Crippen LogP contribution in [-0.4, -0.2) is 22.4 Å². The predicted molar refractivity (Wildman–Crippen MR) is 87.8 cm³/mol. The van der Waals surface area contributed by atoms with Crippen molar-refractivity contribution in [2.45, 2.75) is 64.7 Å². The van der Waals surface area contributed by atoms with Gasteiger partial charge in [-0.05, 0) is 38.5 Å². The molecule has 22 heavy (non-hydrogen) atoms. The Morgan fingerprint density at radius 1 is 1.45 bits per heavy atom. The van der Waals surface area contributed by atoms with Gasteiger partial charge in [-0.1, -0.05) is 25.5 Å². The first kappa shape index (κ1) is 15.3. The van der Waals surface area contributed by atoms with E-state index >= 15 is 0 Å². The van der Waals surface area contributed by atoms with Crippen molar-refractivity contribution in [1.29, 1.82) is 0 Å². The van der Waals surface area contributed by atoms with Gasteiger partial charge < -0.3 is 10.3 Å². The summed E-state index contributed by atoms with van der Waals surface area (Å²) >= 11 is 0. The van der Waals surface area contributed by atoms with Gasteiger partial charge in [0, 0.05) is 30.5 Å². The molecule has 0 saturated carbocycles. The average Bonchev–Trinajstić information content (AvgIpc) is 3.15. The summed E-state index contributed by atoms with van der Waals surface area (Å²) < 4.78 is 0. The van der Waals surface area contributed by atoms with Crippen LogP contribution in [0.4, 0.5) is 0 Å². The van der Waals surface area contributed by atoms with Crippen molar-refractivity contribution >= 4 is 5.91 Å². The second-order valence-corrected chi connectivity index (χ2v) is 6.94. The second kappa shape index (κ2) is 6.67. The number of aromatic amines is 1. The van der Waals surface area contributed by atoms with E-state index in [1.165, 1.54) is 36.2 Å². The summed E-state index contributed by atoms with van der Waals surface area (Å²) in [5, 5.41) is 3.13. The Morgan fingerprint density at radius 2 is 2.32 bits per heavy atom. The highest BCUT2D eigenvalue weighted by Crippen LogP contribution is 2.26. The number of hydrogen-bond acceptors (Lipinski definition) is 2. The van der Waals surface area contributed by atoms with Gasteiger partial charge in [-0.2, -0.15) is 0 Å². The number of hydrogen-bond donors (Lipinski definition) is 2. The molecule has 1 unspecified atom stereocenters. The lowest BCUT2D eigenvalue weighted by molar-refractivity contribution is -0.125. The van der Waals surface area contributed by atoms with Gasteiger partial charge in [0.25, 0.3) is 0 Å². The van der Waals surface area contributed by atoms with Crippen molar-refractivity contribution in [3.63, 3.8) is 0 Å². The van der Waals surface area contributed by atoms with E-state index in [-0.39, 0.29) is 11.8 Å². The quantitative estimate of drug-likeness (QED) is 0.820. The van der Waals surface area contributed by atoms with Crippen molar-refractivity contribution in [2.75, 3.05) is 6.54 Å². The second-order valence-electron chi connectivity index (χ2n) is 6.94. The Kier molecular flexibility index (Phi) is 4.65. The van der Waals surface area contributed by atoms with Gasteiger partial charge >= 0.3 is 0 Å². The fourth-order valence-corrected chi connectivity index (χ4v) is 3.45. The van der Waals surface area contributed by atoms with E-state index in [0.29, 0.717) is 5.92 Å². The fraction of sp³-hybridized carbons (Fsp3) is 0.667. The molecule has 1 heterocycles. The largest absolute Gasteiger partial charge is 0.356 e. The van der Waals surface area contributed by atoms with E-state index in [9.17, 15) is 4.79 Å². The number of nitrogens with zero attached hydrogens (tertiary/aromatic N) is 1. The standard InChI is InChI=1S/C18H27N3O/c1-12(2)17-20-15-8-7-14(11-16(15)21-17)18(22)19-10-9-13-5-3-4-6-13/h5,12,14H,3-4,6-11H2,1-2H3,(H,19,22)(H,20,21). The first-order valence-electron chi connectivity index (χ1n) is 8.66. The molecule has 2 aliphatic carbocycles. The Morgan fingerprint density at radius 3 is 3.05 bits per heavy atom. The molecule has 0 bridgehead atoms.